The maximum atomic E-state index is 12.2. The van der Waals surface area contributed by atoms with Crippen molar-refractivity contribution >= 4 is 5.97 Å². The van der Waals surface area contributed by atoms with Crippen LogP contribution in [0.5, 0.6) is 0 Å². The molecule has 2 saturated heterocycles. The molecule has 0 N–H and O–H groups in total. The van der Waals surface area contributed by atoms with Crippen LogP contribution in [-0.2, 0) is 9.53 Å². The summed E-state index contributed by atoms with van der Waals surface area (Å²) in [7, 11) is 3.75. The monoisotopic (exact) mass is 251 g/mol. The average molecular weight is 251 g/mol. The van der Waals surface area contributed by atoms with Crippen molar-refractivity contribution in [3.05, 3.63) is 0 Å². The van der Waals surface area contributed by atoms with Gasteiger partial charge >= 0.3 is 5.97 Å². The zero-order valence-electron chi connectivity index (χ0n) is 11.6. The summed E-state index contributed by atoms with van der Waals surface area (Å²) >= 11 is 0. The number of rotatable bonds is 2. The molecule has 2 heterocycles. The van der Waals surface area contributed by atoms with Crippen LogP contribution in [0.2, 0.25) is 0 Å². The van der Waals surface area contributed by atoms with E-state index in [0.717, 1.165) is 12.0 Å². The van der Waals surface area contributed by atoms with Gasteiger partial charge in [0.15, 0.2) is 0 Å². The first-order valence-electron chi connectivity index (χ1n) is 7.52. The van der Waals surface area contributed by atoms with Crippen LogP contribution >= 0.6 is 0 Å². The Kier molecular flexibility index (Phi) is 3.35. The first kappa shape index (κ1) is 12.5. The zero-order chi connectivity index (χ0) is 12.7. The molecule has 3 heteroatoms. The zero-order valence-corrected chi connectivity index (χ0v) is 11.6. The summed E-state index contributed by atoms with van der Waals surface area (Å²) in [6.45, 7) is 0. The van der Waals surface area contributed by atoms with E-state index in [9.17, 15) is 4.79 Å². The Morgan fingerprint density at radius 1 is 1.17 bits per heavy atom. The van der Waals surface area contributed by atoms with Crippen LogP contribution in [-0.4, -0.2) is 37.1 Å². The molecule has 18 heavy (non-hydrogen) atoms. The number of carbonyl (C=O) groups excluding carboxylic acids is 1. The predicted octanol–water partition coefficient (Wildman–Crippen LogP) is 2.45. The van der Waals surface area contributed by atoms with E-state index in [4.69, 9.17) is 4.74 Å². The first-order chi connectivity index (χ1) is 8.72. The lowest BCUT2D eigenvalue weighted by Gasteiger charge is -2.43. The van der Waals surface area contributed by atoms with Crippen molar-refractivity contribution in [1.29, 1.82) is 0 Å². The van der Waals surface area contributed by atoms with Crippen LogP contribution in [0, 0.1) is 17.8 Å². The Bertz CT molecular complexity index is 324. The molecule has 3 rings (SSSR count). The van der Waals surface area contributed by atoms with Gasteiger partial charge in [-0.1, -0.05) is 25.7 Å². The van der Waals surface area contributed by atoms with Gasteiger partial charge in [-0.15, -0.1) is 0 Å². The molecular formula is C15H25NO2. The molecule has 0 spiro atoms. The highest BCUT2D eigenvalue weighted by Crippen LogP contribution is 2.48. The van der Waals surface area contributed by atoms with Crippen LogP contribution in [0.1, 0.15) is 44.9 Å². The van der Waals surface area contributed by atoms with E-state index in [-0.39, 0.29) is 11.9 Å². The van der Waals surface area contributed by atoms with Crippen molar-refractivity contribution in [2.24, 2.45) is 17.8 Å². The molecule has 0 aromatic carbocycles. The second-order valence-corrected chi connectivity index (χ2v) is 6.46. The molecule has 0 aromatic rings. The predicted molar refractivity (Wildman–Crippen MR) is 70.1 cm³/mol. The SMILES string of the molecule is COC(=O)[C@H]1[C@@H](C2CCCC2)C[C@@H]2CC[C@H]1N2C. The quantitative estimate of drug-likeness (QED) is 0.706. The number of esters is 1. The van der Waals surface area contributed by atoms with Crippen molar-refractivity contribution in [3.8, 4) is 0 Å². The summed E-state index contributed by atoms with van der Waals surface area (Å²) in [6, 6.07) is 1.17. The molecule has 4 atom stereocenters. The number of methoxy groups -OCH3 is 1. The summed E-state index contributed by atoms with van der Waals surface area (Å²) < 4.78 is 5.11. The Hall–Kier alpha value is -0.570. The number of nitrogens with zero attached hydrogens (tertiary/aromatic N) is 1. The second-order valence-electron chi connectivity index (χ2n) is 6.46. The molecule has 3 aliphatic rings. The van der Waals surface area contributed by atoms with E-state index in [2.05, 4.69) is 11.9 Å². The summed E-state index contributed by atoms with van der Waals surface area (Å²) in [6.07, 6.45) is 9.07. The number of hydrogen-bond donors (Lipinski definition) is 0. The average Bonchev–Trinajstić information content (AvgIpc) is 2.96. The molecule has 2 aliphatic heterocycles. The minimum Gasteiger partial charge on any atom is -0.469 e. The van der Waals surface area contributed by atoms with Gasteiger partial charge in [-0.2, -0.15) is 0 Å². The van der Waals surface area contributed by atoms with E-state index >= 15 is 0 Å². The molecule has 3 nitrogen and oxygen atoms in total. The fraction of sp³-hybridized carbons (Fsp3) is 0.933. The van der Waals surface area contributed by atoms with E-state index in [1.807, 2.05) is 0 Å². The van der Waals surface area contributed by atoms with Crippen molar-refractivity contribution in [2.75, 3.05) is 14.2 Å². The lowest BCUT2D eigenvalue weighted by Crippen LogP contribution is -2.51. The van der Waals surface area contributed by atoms with Crippen LogP contribution < -0.4 is 0 Å². The molecular weight excluding hydrogens is 226 g/mol. The van der Waals surface area contributed by atoms with Crippen LogP contribution in [0.15, 0.2) is 0 Å². The van der Waals surface area contributed by atoms with Gasteiger partial charge in [0.05, 0.1) is 13.0 Å². The number of hydrogen-bond acceptors (Lipinski definition) is 3. The number of ether oxygens (including phenoxy) is 1. The van der Waals surface area contributed by atoms with Gasteiger partial charge in [-0.3, -0.25) is 9.69 Å². The van der Waals surface area contributed by atoms with E-state index < -0.39 is 0 Å². The Morgan fingerprint density at radius 3 is 2.56 bits per heavy atom. The van der Waals surface area contributed by atoms with E-state index in [1.165, 1.54) is 44.9 Å². The van der Waals surface area contributed by atoms with Crippen molar-refractivity contribution in [1.82, 2.24) is 4.90 Å². The maximum Gasteiger partial charge on any atom is 0.310 e. The second kappa shape index (κ2) is 4.84. The largest absolute Gasteiger partial charge is 0.469 e. The van der Waals surface area contributed by atoms with Crippen molar-refractivity contribution < 1.29 is 9.53 Å². The number of fused-ring (bicyclic) bond motifs is 2. The van der Waals surface area contributed by atoms with Gasteiger partial charge < -0.3 is 4.74 Å². The summed E-state index contributed by atoms with van der Waals surface area (Å²) in [4.78, 5) is 14.7. The molecule has 0 radical (unpaired) electrons. The van der Waals surface area contributed by atoms with Gasteiger partial charge in [0.2, 0.25) is 0 Å². The fourth-order valence-electron chi connectivity index (χ4n) is 4.84. The molecule has 0 unspecified atom stereocenters. The number of carbonyl (C=O) groups is 1. The highest BCUT2D eigenvalue weighted by Gasteiger charge is 2.51. The molecule has 102 valence electrons. The third-order valence-electron chi connectivity index (χ3n) is 5.79. The van der Waals surface area contributed by atoms with Gasteiger partial charge in [0.1, 0.15) is 0 Å². The number of piperidine rings is 1. The molecule has 0 amide bonds. The van der Waals surface area contributed by atoms with Crippen molar-refractivity contribution in [2.45, 2.75) is 57.0 Å². The summed E-state index contributed by atoms with van der Waals surface area (Å²) in [5, 5.41) is 0. The fourth-order valence-corrected chi connectivity index (χ4v) is 4.84. The van der Waals surface area contributed by atoms with Crippen LogP contribution in [0.4, 0.5) is 0 Å². The highest BCUT2D eigenvalue weighted by atomic mass is 16.5. The lowest BCUT2D eigenvalue weighted by atomic mass is 9.72. The Labute approximate surface area is 110 Å². The minimum atomic E-state index is 0.0455. The van der Waals surface area contributed by atoms with E-state index in [1.54, 1.807) is 7.11 Å². The standard InChI is InChI=1S/C15H25NO2/c1-16-11-7-8-13(16)14(15(17)18-2)12(9-11)10-5-3-4-6-10/h10-14H,3-9H2,1-2H3/t11-,12+,13+,14-/m0/s1. The van der Waals surface area contributed by atoms with Gasteiger partial charge in [0, 0.05) is 12.1 Å². The summed E-state index contributed by atoms with van der Waals surface area (Å²) in [5.74, 6) is 1.56. The molecule has 1 saturated carbocycles. The smallest absolute Gasteiger partial charge is 0.310 e. The highest BCUT2D eigenvalue weighted by molar-refractivity contribution is 5.74. The first-order valence-corrected chi connectivity index (χ1v) is 7.52. The molecule has 1 aliphatic carbocycles. The van der Waals surface area contributed by atoms with Gasteiger partial charge in [-0.05, 0) is 38.1 Å². The third kappa shape index (κ3) is 1.87. The van der Waals surface area contributed by atoms with E-state index in [0.29, 0.717) is 12.0 Å². The van der Waals surface area contributed by atoms with Crippen LogP contribution in [0.25, 0.3) is 0 Å². The third-order valence-corrected chi connectivity index (χ3v) is 5.79. The summed E-state index contributed by atoms with van der Waals surface area (Å²) in [5.41, 5.74) is 0. The van der Waals surface area contributed by atoms with Gasteiger partial charge in [0.25, 0.3) is 0 Å². The Balaban J connectivity index is 1.84. The molecule has 2 bridgehead atoms. The lowest BCUT2D eigenvalue weighted by molar-refractivity contribution is -0.153. The topological polar surface area (TPSA) is 29.5 Å². The normalized spacial score (nSPS) is 41.2. The maximum absolute atomic E-state index is 12.2. The Morgan fingerprint density at radius 2 is 1.89 bits per heavy atom. The van der Waals surface area contributed by atoms with Crippen molar-refractivity contribution in [3.63, 3.8) is 0 Å². The van der Waals surface area contributed by atoms with Crippen LogP contribution in [0.3, 0.4) is 0 Å². The minimum absolute atomic E-state index is 0.0455. The molecule has 0 aromatic heterocycles. The molecule has 3 fully saturated rings. The van der Waals surface area contributed by atoms with Gasteiger partial charge in [-0.25, -0.2) is 0 Å².